The molecule has 0 bridgehead atoms. The molecule has 1 aliphatic heterocycles. The molecular weight excluding hydrogens is 226 g/mol. The van der Waals surface area contributed by atoms with E-state index in [1.165, 1.54) is 12.8 Å². The largest absolute Gasteiger partial charge is 0.355 e. The Morgan fingerprint density at radius 3 is 2.72 bits per heavy atom. The molecule has 1 amide bonds. The molecule has 1 rings (SSSR count). The third-order valence-corrected chi connectivity index (χ3v) is 4.12. The topological polar surface area (TPSA) is 44.4 Å². The van der Waals surface area contributed by atoms with Gasteiger partial charge in [0.1, 0.15) is 0 Å². The molecule has 0 spiro atoms. The molecule has 18 heavy (non-hydrogen) atoms. The standard InChI is InChI=1S/C14H29N3O/c1-11(13-6-5-7-15-10-13)8-14(18)16-9-12(2)17(3)4/h11-13,15H,5-10H2,1-4H3,(H,16,18). The van der Waals surface area contributed by atoms with Gasteiger partial charge in [0, 0.05) is 19.0 Å². The van der Waals surface area contributed by atoms with Crippen molar-refractivity contribution < 1.29 is 4.79 Å². The van der Waals surface area contributed by atoms with Crippen LogP contribution in [0.25, 0.3) is 0 Å². The van der Waals surface area contributed by atoms with Crippen molar-refractivity contribution in [2.24, 2.45) is 11.8 Å². The SMILES string of the molecule is CC(CC(=O)NCC(C)N(C)C)C1CCCNC1. The van der Waals surface area contributed by atoms with E-state index in [1.807, 2.05) is 14.1 Å². The highest BCUT2D eigenvalue weighted by atomic mass is 16.1. The molecule has 3 atom stereocenters. The molecule has 1 heterocycles. The van der Waals surface area contributed by atoms with Gasteiger partial charge in [-0.05, 0) is 58.8 Å². The van der Waals surface area contributed by atoms with Crippen LogP contribution in [0.3, 0.4) is 0 Å². The van der Waals surface area contributed by atoms with Crippen LogP contribution in [0, 0.1) is 11.8 Å². The van der Waals surface area contributed by atoms with Gasteiger partial charge in [0.05, 0.1) is 0 Å². The van der Waals surface area contributed by atoms with Gasteiger partial charge < -0.3 is 15.5 Å². The summed E-state index contributed by atoms with van der Waals surface area (Å²) in [5.74, 6) is 1.34. The number of amides is 1. The zero-order valence-electron chi connectivity index (χ0n) is 12.3. The number of piperidine rings is 1. The summed E-state index contributed by atoms with van der Waals surface area (Å²) < 4.78 is 0. The van der Waals surface area contributed by atoms with Crippen molar-refractivity contribution in [2.75, 3.05) is 33.7 Å². The summed E-state index contributed by atoms with van der Waals surface area (Å²) in [6.07, 6.45) is 3.16. The third-order valence-electron chi connectivity index (χ3n) is 4.12. The van der Waals surface area contributed by atoms with E-state index in [2.05, 4.69) is 29.4 Å². The number of hydrogen-bond donors (Lipinski definition) is 2. The van der Waals surface area contributed by atoms with E-state index in [-0.39, 0.29) is 5.91 Å². The van der Waals surface area contributed by atoms with E-state index in [0.717, 1.165) is 19.6 Å². The van der Waals surface area contributed by atoms with Crippen LogP contribution in [0.4, 0.5) is 0 Å². The van der Waals surface area contributed by atoms with Crippen LogP contribution in [0.2, 0.25) is 0 Å². The van der Waals surface area contributed by atoms with Crippen molar-refractivity contribution in [1.82, 2.24) is 15.5 Å². The predicted molar refractivity (Wildman–Crippen MR) is 75.5 cm³/mol. The normalized spacial score (nSPS) is 23.7. The van der Waals surface area contributed by atoms with Gasteiger partial charge in [-0.1, -0.05) is 6.92 Å². The minimum atomic E-state index is 0.196. The van der Waals surface area contributed by atoms with Crippen molar-refractivity contribution >= 4 is 5.91 Å². The highest BCUT2D eigenvalue weighted by Crippen LogP contribution is 2.22. The first-order chi connectivity index (χ1) is 8.50. The van der Waals surface area contributed by atoms with Crippen LogP contribution in [-0.2, 0) is 4.79 Å². The lowest BCUT2D eigenvalue weighted by molar-refractivity contribution is -0.122. The van der Waals surface area contributed by atoms with Crippen molar-refractivity contribution in [1.29, 1.82) is 0 Å². The van der Waals surface area contributed by atoms with Gasteiger partial charge >= 0.3 is 0 Å². The Hall–Kier alpha value is -0.610. The first-order valence-corrected chi connectivity index (χ1v) is 7.14. The second-order valence-corrected chi connectivity index (χ2v) is 5.90. The molecule has 0 aromatic carbocycles. The van der Waals surface area contributed by atoms with E-state index < -0.39 is 0 Å². The first-order valence-electron chi connectivity index (χ1n) is 7.14. The molecule has 0 saturated carbocycles. The maximum absolute atomic E-state index is 11.9. The fourth-order valence-corrected chi connectivity index (χ4v) is 2.34. The number of nitrogens with one attached hydrogen (secondary N) is 2. The lowest BCUT2D eigenvalue weighted by atomic mass is 9.85. The van der Waals surface area contributed by atoms with Crippen LogP contribution in [-0.4, -0.2) is 50.6 Å². The Bertz CT molecular complexity index is 249. The first kappa shape index (κ1) is 15.4. The molecule has 4 nitrogen and oxygen atoms in total. The van der Waals surface area contributed by atoms with E-state index >= 15 is 0 Å². The monoisotopic (exact) mass is 255 g/mol. The Morgan fingerprint density at radius 2 is 2.17 bits per heavy atom. The van der Waals surface area contributed by atoms with E-state index in [0.29, 0.717) is 24.3 Å². The van der Waals surface area contributed by atoms with Gasteiger partial charge in [-0.2, -0.15) is 0 Å². The maximum atomic E-state index is 11.9. The minimum absolute atomic E-state index is 0.196. The molecule has 4 heteroatoms. The Labute approximate surface area is 111 Å². The number of likely N-dealkylation sites (N-methyl/N-ethyl adjacent to an activating group) is 1. The summed E-state index contributed by atoms with van der Waals surface area (Å²) in [6, 6.07) is 0.389. The molecule has 0 aromatic rings. The van der Waals surface area contributed by atoms with Crippen LogP contribution in [0.1, 0.15) is 33.1 Å². The van der Waals surface area contributed by atoms with Crippen molar-refractivity contribution in [3.63, 3.8) is 0 Å². The van der Waals surface area contributed by atoms with Crippen molar-refractivity contribution in [3.05, 3.63) is 0 Å². The average molecular weight is 255 g/mol. The fourth-order valence-electron chi connectivity index (χ4n) is 2.34. The van der Waals surface area contributed by atoms with Gasteiger partial charge in [-0.25, -0.2) is 0 Å². The molecule has 2 N–H and O–H groups in total. The minimum Gasteiger partial charge on any atom is -0.355 e. The molecule has 1 saturated heterocycles. The average Bonchev–Trinajstić information content (AvgIpc) is 2.36. The van der Waals surface area contributed by atoms with Crippen LogP contribution >= 0.6 is 0 Å². The molecule has 3 unspecified atom stereocenters. The summed E-state index contributed by atoms with van der Waals surface area (Å²) in [5, 5.41) is 6.45. The molecule has 0 aromatic heterocycles. The lowest BCUT2D eigenvalue weighted by Crippen LogP contribution is -2.40. The number of carbonyl (C=O) groups is 1. The number of hydrogen-bond acceptors (Lipinski definition) is 3. The molecule has 106 valence electrons. The molecule has 0 radical (unpaired) electrons. The van der Waals surface area contributed by atoms with Crippen LogP contribution < -0.4 is 10.6 Å². The Morgan fingerprint density at radius 1 is 1.44 bits per heavy atom. The van der Waals surface area contributed by atoms with Gasteiger partial charge in [-0.3, -0.25) is 4.79 Å². The molecular formula is C14H29N3O. The fraction of sp³-hybridized carbons (Fsp3) is 0.929. The quantitative estimate of drug-likeness (QED) is 0.746. The number of rotatable bonds is 6. The summed E-state index contributed by atoms with van der Waals surface area (Å²) in [4.78, 5) is 14.0. The van der Waals surface area contributed by atoms with Gasteiger partial charge in [0.25, 0.3) is 0 Å². The predicted octanol–water partition coefficient (Wildman–Crippen LogP) is 1.08. The molecule has 1 aliphatic rings. The molecule has 1 fully saturated rings. The third kappa shape index (κ3) is 5.36. The number of carbonyl (C=O) groups excluding carboxylic acids is 1. The highest BCUT2D eigenvalue weighted by molar-refractivity contribution is 5.76. The second-order valence-electron chi connectivity index (χ2n) is 5.90. The van der Waals surface area contributed by atoms with Gasteiger partial charge in [-0.15, -0.1) is 0 Å². The van der Waals surface area contributed by atoms with Gasteiger partial charge in [0.15, 0.2) is 0 Å². The lowest BCUT2D eigenvalue weighted by Gasteiger charge is -2.28. The van der Waals surface area contributed by atoms with Crippen molar-refractivity contribution in [3.8, 4) is 0 Å². The maximum Gasteiger partial charge on any atom is 0.220 e. The van der Waals surface area contributed by atoms with Gasteiger partial charge in [0.2, 0.25) is 5.91 Å². The summed E-state index contributed by atoms with van der Waals surface area (Å²) >= 11 is 0. The summed E-state index contributed by atoms with van der Waals surface area (Å²) in [6.45, 7) is 7.27. The van der Waals surface area contributed by atoms with Crippen LogP contribution in [0.5, 0.6) is 0 Å². The number of nitrogens with zero attached hydrogens (tertiary/aromatic N) is 1. The summed E-state index contributed by atoms with van der Waals surface area (Å²) in [5.41, 5.74) is 0. The summed E-state index contributed by atoms with van der Waals surface area (Å²) in [7, 11) is 4.07. The van der Waals surface area contributed by atoms with E-state index in [9.17, 15) is 4.79 Å². The van der Waals surface area contributed by atoms with E-state index in [4.69, 9.17) is 0 Å². The van der Waals surface area contributed by atoms with Crippen molar-refractivity contribution in [2.45, 2.75) is 39.2 Å². The Kier molecular flexibility index (Phi) is 6.65. The zero-order valence-corrected chi connectivity index (χ0v) is 12.3. The second kappa shape index (κ2) is 7.74. The Balaban J connectivity index is 2.22. The van der Waals surface area contributed by atoms with Crippen LogP contribution in [0.15, 0.2) is 0 Å². The smallest absolute Gasteiger partial charge is 0.220 e. The molecule has 0 aliphatic carbocycles. The van der Waals surface area contributed by atoms with E-state index in [1.54, 1.807) is 0 Å². The highest BCUT2D eigenvalue weighted by Gasteiger charge is 2.22. The zero-order chi connectivity index (χ0) is 13.5.